The van der Waals surface area contributed by atoms with Crippen LogP contribution in [0.4, 0.5) is 4.79 Å². The lowest BCUT2D eigenvalue weighted by atomic mass is 9.87. The number of hydrogen-bond donors (Lipinski definition) is 3. The maximum Gasteiger partial charge on any atom is 0.315 e. The van der Waals surface area contributed by atoms with Crippen LogP contribution in [0.5, 0.6) is 0 Å². The highest BCUT2D eigenvalue weighted by molar-refractivity contribution is 5.91. The van der Waals surface area contributed by atoms with Gasteiger partial charge in [-0.2, -0.15) is 0 Å². The van der Waals surface area contributed by atoms with E-state index in [2.05, 4.69) is 10.6 Å². The third kappa shape index (κ3) is 4.64. The van der Waals surface area contributed by atoms with Crippen LogP contribution in [0.2, 0.25) is 0 Å². The second-order valence-electron chi connectivity index (χ2n) is 8.17. The molecular weight excluding hydrogens is 358 g/mol. The number of carboxylic acid groups (broad SMARTS) is 1. The maximum atomic E-state index is 13.3. The van der Waals surface area contributed by atoms with Crippen molar-refractivity contribution >= 4 is 17.9 Å². The molecule has 2 fully saturated rings. The van der Waals surface area contributed by atoms with Gasteiger partial charge in [-0.3, -0.25) is 9.59 Å². The van der Waals surface area contributed by atoms with Crippen LogP contribution < -0.4 is 10.6 Å². The van der Waals surface area contributed by atoms with Crippen molar-refractivity contribution in [3.63, 3.8) is 0 Å². The second-order valence-corrected chi connectivity index (χ2v) is 8.17. The number of aliphatic carboxylic acids is 1. The van der Waals surface area contributed by atoms with E-state index in [4.69, 9.17) is 0 Å². The van der Waals surface area contributed by atoms with Gasteiger partial charge in [-0.15, -0.1) is 0 Å². The van der Waals surface area contributed by atoms with Crippen LogP contribution in [0, 0.1) is 11.8 Å². The first-order valence-corrected chi connectivity index (χ1v) is 10.0. The van der Waals surface area contributed by atoms with Crippen molar-refractivity contribution < 1.29 is 19.5 Å². The molecule has 3 rings (SSSR count). The van der Waals surface area contributed by atoms with Gasteiger partial charge in [0.1, 0.15) is 5.54 Å². The quantitative estimate of drug-likeness (QED) is 0.722. The summed E-state index contributed by atoms with van der Waals surface area (Å²) in [6.07, 6.45) is 3.50. The number of hydrogen-bond acceptors (Lipinski definition) is 3. The zero-order valence-electron chi connectivity index (χ0n) is 16.3. The predicted molar refractivity (Wildman–Crippen MR) is 104 cm³/mol. The van der Waals surface area contributed by atoms with Gasteiger partial charge in [0.15, 0.2) is 0 Å². The molecule has 152 valence electrons. The fourth-order valence-corrected chi connectivity index (χ4v) is 4.41. The van der Waals surface area contributed by atoms with Gasteiger partial charge in [-0.05, 0) is 30.7 Å². The average molecular weight is 387 g/mol. The third-order valence-corrected chi connectivity index (χ3v) is 5.81. The molecule has 1 aromatic rings. The maximum absolute atomic E-state index is 13.3. The van der Waals surface area contributed by atoms with Gasteiger partial charge in [-0.25, -0.2) is 4.79 Å². The Morgan fingerprint density at radius 2 is 1.82 bits per heavy atom. The summed E-state index contributed by atoms with van der Waals surface area (Å²) in [6.45, 7) is 3.11. The van der Waals surface area contributed by atoms with Crippen molar-refractivity contribution in [2.45, 2.75) is 51.1 Å². The molecule has 2 unspecified atom stereocenters. The number of nitrogens with zero attached hydrogens (tertiary/aromatic N) is 1. The minimum atomic E-state index is -0.930. The van der Waals surface area contributed by atoms with Crippen LogP contribution in [-0.2, 0) is 16.1 Å². The molecule has 1 aliphatic carbocycles. The van der Waals surface area contributed by atoms with E-state index >= 15 is 0 Å². The normalized spacial score (nSPS) is 23.8. The largest absolute Gasteiger partial charge is 0.481 e. The summed E-state index contributed by atoms with van der Waals surface area (Å²) < 4.78 is 0. The number of piperidine rings is 1. The Morgan fingerprint density at radius 1 is 1.14 bits per heavy atom. The molecule has 1 aliphatic heterocycles. The van der Waals surface area contributed by atoms with Crippen LogP contribution >= 0.6 is 0 Å². The van der Waals surface area contributed by atoms with E-state index in [1.807, 2.05) is 37.3 Å². The van der Waals surface area contributed by atoms with Crippen LogP contribution in [-0.4, -0.2) is 46.5 Å². The van der Waals surface area contributed by atoms with E-state index < -0.39 is 17.4 Å². The highest BCUT2D eigenvalue weighted by Gasteiger charge is 2.46. The van der Waals surface area contributed by atoms with E-state index in [0.29, 0.717) is 32.4 Å². The first kappa shape index (κ1) is 20.2. The van der Waals surface area contributed by atoms with Gasteiger partial charge in [-0.1, -0.05) is 50.1 Å². The van der Waals surface area contributed by atoms with E-state index in [1.54, 1.807) is 4.90 Å². The number of carbonyl (C=O) groups is 3. The van der Waals surface area contributed by atoms with E-state index in [9.17, 15) is 19.5 Å². The summed E-state index contributed by atoms with van der Waals surface area (Å²) in [5.41, 5.74) is 0.0551. The first-order valence-electron chi connectivity index (χ1n) is 10.0. The molecule has 3 N–H and O–H groups in total. The Bertz CT molecular complexity index is 716. The molecule has 1 saturated heterocycles. The number of rotatable bonds is 5. The summed E-state index contributed by atoms with van der Waals surface area (Å²) in [4.78, 5) is 38.9. The van der Waals surface area contributed by atoms with Crippen LogP contribution in [0.1, 0.15) is 44.6 Å². The zero-order chi connectivity index (χ0) is 20.1. The van der Waals surface area contributed by atoms with E-state index in [-0.39, 0.29) is 24.4 Å². The Hall–Kier alpha value is -2.57. The molecule has 0 bridgehead atoms. The molecular formula is C21H29N3O4. The van der Waals surface area contributed by atoms with Crippen molar-refractivity contribution in [1.82, 2.24) is 15.5 Å². The molecule has 0 aromatic heterocycles. The molecule has 2 aliphatic rings. The minimum absolute atomic E-state index is 0.129. The fraction of sp³-hybridized carbons (Fsp3) is 0.571. The van der Waals surface area contributed by atoms with E-state index in [1.165, 1.54) is 0 Å². The van der Waals surface area contributed by atoms with Crippen molar-refractivity contribution in [3.8, 4) is 0 Å². The van der Waals surface area contributed by atoms with Gasteiger partial charge in [0.2, 0.25) is 5.91 Å². The number of benzene rings is 1. The van der Waals surface area contributed by atoms with Gasteiger partial charge >= 0.3 is 12.0 Å². The molecule has 3 amide bonds. The van der Waals surface area contributed by atoms with E-state index in [0.717, 1.165) is 18.4 Å². The Labute approximate surface area is 165 Å². The molecule has 28 heavy (non-hydrogen) atoms. The second kappa shape index (κ2) is 8.63. The lowest BCUT2D eigenvalue weighted by Gasteiger charge is -2.40. The Balaban J connectivity index is 1.66. The lowest BCUT2D eigenvalue weighted by Crippen LogP contribution is -2.62. The highest BCUT2D eigenvalue weighted by atomic mass is 16.4. The van der Waals surface area contributed by atoms with Gasteiger partial charge < -0.3 is 20.6 Å². The number of carbonyl (C=O) groups excluding carboxylic acids is 2. The number of amides is 3. The zero-order valence-corrected chi connectivity index (χ0v) is 16.3. The van der Waals surface area contributed by atoms with Gasteiger partial charge in [0.25, 0.3) is 0 Å². The van der Waals surface area contributed by atoms with Crippen molar-refractivity contribution in [3.05, 3.63) is 35.9 Å². The molecule has 1 aromatic carbocycles. The van der Waals surface area contributed by atoms with Crippen molar-refractivity contribution in [1.29, 1.82) is 0 Å². The fourth-order valence-electron chi connectivity index (χ4n) is 4.41. The first-order chi connectivity index (χ1) is 13.4. The standard InChI is InChI=1S/C21H29N3O4/c1-15-11-17(18(25)26)14-24(13-15)19(27)21(9-5-6-10-21)23-20(28)22-12-16-7-3-2-4-8-16/h2-4,7-8,15,17H,5-6,9-14H2,1H3,(H,25,26)(H2,22,23,28). The molecule has 7 nitrogen and oxygen atoms in total. The summed E-state index contributed by atoms with van der Waals surface area (Å²) in [5.74, 6) is -1.42. The van der Waals surface area contributed by atoms with Gasteiger partial charge in [0, 0.05) is 19.6 Å². The molecule has 0 radical (unpaired) electrons. The molecule has 1 saturated carbocycles. The summed E-state index contributed by atoms with van der Waals surface area (Å²) in [5, 5.41) is 15.2. The van der Waals surface area contributed by atoms with Crippen LogP contribution in [0.15, 0.2) is 30.3 Å². The minimum Gasteiger partial charge on any atom is -0.481 e. The average Bonchev–Trinajstić information content (AvgIpc) is 3.15. The number of carboxylic acids is 1. The molecule has 1 heterocycles. The third-order valence-electron chi connectivity index (χ3n) is 5.81. The SMILES string of the molecule is CC1CC(C(=O)O)CN(C(=O)C2(NC(=O)NCc3ccccc3)CCCC2)C1. The van der Waals surface area contributed by atoms with Crippen LogP contribution in [0.3, 0.4) is 0 Å². The highest BCUT2D eigenvalue weighted by Crippen LogP contribution is 2.33. The summed E-state index contributed by atoms with van der Waals surface area (Å²) in [6, 6.07) is 9.23. The molecule has 0 spiro atoms. The van der Waals surface area contributed by atoms with Crippen molar-refractivity contribution in [2.75, 3.05) is 13.1 Å². The monoisotopic (exact) mass is 387 g/mol. The lowest BCUT2D eigenvalue weighted by molar-refractivity contribution is -0.149. The number of urea groups is 1. The van der Waals surface area contributed by atoms with Gasteiger partial charge in [0.05, 0.1) is 5.92 Å². The number of nitrogens with one attached hydrogen (secondary N) is 2. The predicted octanol–water partition coefficient (Wildman–Crippen LogP) is 2.37. The smallest absolute Gasteiger partial charge is 0.315 e. The summed E-state index contributed by atoms with van der Waals surface area (Å²) >= 11 is 0. The molecule has 7 heteroatoms. The Morgan fingerprint density at radius 3 is 2.46 bits per heavy atom. The molecule has 2 atom stereocenters. The van der Waals surface area contributed by atoms with Crippen LogP contribution in [0.25, 0.3) is 0 Å². The summed E-state index contributed by atoms with van der Waals surface area (Å²) in [7, 11) is 0. The number of likely N-dealkylation sites (tertiary alicyclic amines) is 1. The van der Waals surface area contributed by atoms with Crippen molar-refractivity contribution in [2.24, 2.45) is 11.8 Å². The Kier molecular flexibility index (Phi) is 6.21. The topological polar surface area (TPSA) is 98.7 Å².